The van der Waals surface area contributed by atoms with E-state index in [-0.39, 0.29) is 16.9 Å². The van der Waals surface area contributed by atoms with E-state index in [1.54, 1.807) is 0 Å². The van der Waals surface area contributed by atoms with Gasteiger partial charge >= 0.3 is 0 Å². The molecule has 0 aliphatic heterocycles. The lowest BCUT2D eigenvalue weighted by atomic mass is 10.1. The van der Waals surface area contributed by atoms with Gasteiger partial charge in [0.15, 0.2) is 15.8 Å². The van der Waals surface area contributed by atoms with Crippen LogP contribution in [0.3, 0.4) is 0 Å². The first-order chi connectivity index (χ1) is 9.60. The van der Waals surface area contributed by atoms with Crippen LogP contribution in [-0.4, -0.2) is 31.0 Å². The first-order valence-corrected chi connectivity index (χ1v) is 7.41. The van der Waals surface area contributed by atoms with Crippen LogP contribution in [0.15, 0.2) is 22.0 Å². The highest BCUT2D eigenvalue weighted by molar-refractivity contribution is 7.91. The lowest BCUT2D eigenvalue weighted by molar-refractivity contribution is -0.387. The smallest absolute Gasteiger partial charge is 0.288 e. The Hall–Kier alpha value is -2.49. The van der Waals surface area contributed by atoms with Crippen LogP contribution in [0.5, 0.6) is 0 Å². The van der Waals surface area contributed by atoms with Gasteiger partial charge in [0.05, 0.1) is 16.2 Å². The summed E-state index contributed by atoms with van der Waals surface area (Å²) in [5.41, 5.74) is 9.56. The molecule has 114 valence electrons. The number of aryl methyl sites for hydroxylation is 1. The van der Waals surface area contributed by atoms with Crippen LogP contribution in [0.2, 0.25) is 0 Å². The third-order valence-corrected chi connectivity index (χ3v) is 4.44. The van der Waals surface area contributed by atoms with Crippen molar-refractivity contribution in [1.29, 1.82) is 0 Å². The van der Waals surface area contributed by atoms with Crippen molar-refractivity contribution in [2.75, 3.05) is 5.75 Å². The molecule has 0 heterocycles. The number of rotatable bonds is 4. The van der Waals surface area contributed by atoms with Gasteiger partial charge in [-0.15, -0.1) is 0 Å². The number of nitro benzene ring substituents is 1. The van der Waals surface area contributed by atoms with Gasteiger partial charge in [0.2, 0.25) is 0 Å². The summed E-state index contributed by atoms with van der Waals surface area (Å²) in [5.74, 6) is -1.67. The van der Waals surface area contributed by atoms with E-state index >= 15 is 0 Å². The lowest BCUT2D eigenvalue weighted by Gasteiger charge is -2.07. The number of carbonyl (C=O) groups is 1. The minimum absolute atomic E-state index is 0.134. The molecule has 0 saturated heterocycles. The van der Waals surface area contributed by atoms with Crippen LogP contribution in [0.4, 0.5) is 5.69 Å². The summed E-state index contributed by atoms with van der Waals surface area (Å²) in [4.78, 5) is 24.8. The van der Waals surface area contributed by atoms with E-state index < -0.39 is 37.2 Å². The van der Waals surface area contributed by atoms with E-state index in [2.05, 4.69) is 4.99 Å². The molecule has 1 aromatic rings. The van der Waals surface area contributed by atoms with Crippen LogP contribution < -0.4 is 11.5 Å². The number of nitrogens with two attached hydrogens (primary N) is 2. The molecule has 0 unspecified atom stereocenters. The van der Waals surface area contributed by atoms with Crippen LogP contribution in [0.1, 0.15) is 22.8 Å². The van der Waals surface area contributed by atoms with Crippen molar-refractivity contribution < 1.29 is 18.1 Å². The van der Waals surface area contributed by atoms with E-state index in [9.17, 15) is 23.3 Å². The molecule has 10 heteroatoms. The zero-order chi connectivity index (χ0) is 16.4. The number of guanidine groups is 1. The van der Waals surface area contributed by atoms with E-state index in [1.807, 2.05) is 0 Å². The maximum atomic E-state index is 11.9. The Bertz CT molecular complexity index is 735. The van der Waals surface area contributed by atoms with Crippen molar-refractivity contribution in [3.63, 3.8) is 0 Å². The van der Waals surface area contributed by atoms with Crippen molar-refractivity contribution >= 4 is 27.4 Å². The average molecular weight is 314 g/mol. The Morgan fingerprint density at radius 3 is 2.38 bits per heavy atom. The first-order valence-electron chi connectivity index (χ1n) is 5.76. The molecular weight excluding hydrogens is 300 g/mol. The number of carbonyl (C=O) groups excluding carboxylic acids is 1. The van der Waals surface area contributed by atoms with Crippen molar-refractivity contribution in [2.24, 2.45) is 16.5 Å². The quantitative estimate of drug-likeness (QED) is 0.345. The van der Waals surface area contributed by atoms with Gasteiger partial charge in [-0.05, 0) is 18.6 Å². The predicted octanol–water partition coefficient (Wildman–Crippen LogP) is 0.110. The number of nitro groups is 1. The van der Waals surface area contributed by atoms with E-state index in [4.69, 9.17) is 11.5 Å². The third kappa shape index (κ3) is 3.54. The zero-order valence-electron chi connectivity index (χ0n) is 11.4. The van der Waals surface area contributed by atoms with Gasteiger partial charge < -0.3 is 11.5 Å². The van der Waals surface area contributed by atoms with Crippen molar-refractivity contribution in [3.05, 3.63) is 33.4 Å². The van der Waals surface area contributed by atoms with Gasteiger partial charge in [-0.2, -0.15) is 4.99 Å². The summed E-state index contributed by atoms with van der Waals surface area (Å²) >= 11 is 0. The highest BCUT2D eigenvalue weighted by Crippen LogP contribution is 2.28. The van der Waals surface area contributed by atoms with Crippen LogP contribution >= 0.6 is 0 Å². The average Bonchev–Trinajstić information content (AvgIpc) is 2.36. The number of sulfone groups is 1. The minimum Gasteiger partial charge on any atom is -0.370 e. The number of aliphatic imine (C=N–C) groups is 1. The third-order valence-electron chi connectivity index (χ3n) is 2.68. The van der Waals surface area contributed by atoms with Crippen LogP contribution in [0.25, 0.3) is 0 Å². The molecule has 0 aromatic heterocycles. The normalized spacial score (nSPS) is 11.0. The van der Waals surface area contributed by atoms with E-state index in [0.717, 1.165) is 12.1 Å². The van der Waals surface area contributed by atoms with Crippen LogP contribution in [0, 0.1) is 17.0 Å². The van der Waals surface area contributed by atoms with E-state index in [0.29, 0.717) is 0 Å². The van der Waals surface area contributed by atoms with Gasteiger partial charge in [-0.3, -0.25) is 14.9 Å². The second-order valence-corrected chi connectivity index (χ2v) is 6.38. The molecule has 4 N–H and O–H groups in total. The molecule has 0 aliphatic carbocycles. The highest BCUT2D eigenvalue weighted by atomic mass is 32.2. The van der Waals surface area contributed by atoms with Crippen molar-refractivity contribution in [2.45, 2.75) is 18.7 Å². The fraction of sp³-hybridized carbons (Fsp3) is 0.273. The molecule has 9 nitrogen and oxygen atoms in total. The number of hydrogen-bond donors (Lipinski definition) is 2. The molecule has 0 atom stereocenters. The monoisotopic (exact) mass is 314 g/mol. The molecule has 0 fully saturated rings. The molecule has 1 rings (SSSR count). The second-order valence-electron chi connectivity index (χ2n) is 4.14. The number of benzene rings is 1. The number of hydrogen-bond acceptors (Lipinski definition) is 5. The Morgan fingerprint density at radius 1 is 1.38 bits per heavy atom. The summed E-state index contributed by atoms with van der Waals surface area (Å²) in [6.45, 7) is 2.81. The maximum absolute atomic E-state index is 11.9. The summed E-state index contributed by atoms with van der Waals surface area (Å²) in [7, 11) is -3.80. The molecule has 21 heavy (non-hydrogen) atoms. The van der Waals surface area contributed by atoms with Crippen LogP contribution in [-0.2, 0) is 9.84 Å². The summed E-state index contributed by atoms with van der Waals surface area (Å²) in [6, 6.07) is 1.94. The standard InChI is InChI=1S/C11H14N4O5S/c1-3-21(19,20)9-4-6(2)7(5-8(9)15(17)18)10(16)14-11(12)13/h4-5H,3H2,1-2H3,(H4,12,13,14,16). The second kappa shape index (κ2) is 5.87. The molecule has 0 saturated carbocycles. The molecule has 0 bridgehead atoms. The number of amides is 1. The largest absolute Gasteiger partial charge is 0.370 e. The van der Waals surface area contributed by atoms with Crippen molar-refractivity contribution in [3.8, 4) is 0 Å². The first kappa shape index (κ1) is 16.6. The van der Waals surface area contributed by atoms with Gasteiger partial charge in [-0.25, -0.2) is 8.42 Å². The molecule has 1 amide bonds. The molecule has 0 aliphatic rings. The lowest BCUT2D eigenvalue weighted by Crippen LogP contribution is -2.24. The minimum atomic E-state index is -3.80. The van der Waals surface area contributed by atoms with E-state index in [1.165, 1.54) is 13.8 Å². The predicted molar refractivity (Wildman–Crippen MR) is 75.7 cm³/mol. The molecule has 0 spiro atoms. The summed E-state index contributed by atoms with van der Waals surface area (Å²) < 4.78 is 23.8. The van der Waals surface area contributed by atoms with Gasteiger partial charge in [0.25, 0.3) is 11.6 Å². The summed E-state index contributed by atoms with van der Waals surface area (Å²) in [6.07, 6.45) is 0. The maximum Gasteiger partial charge on any atom is 0.288 e. The zero-order valence-corrected chi connectivity index (χ0v) is 12.2. The highest BCUT2D eigenvalue weighted by Gasteiger charge is 2.27. The molecule has 1 aromatic carbocycles. The topological polar surface area (TPSA) is 159 Å². The SMILES string of the molecule is CCS(=O)(=O)c1cc(C)c(C(=O)N=C(N)N)cc1[N+](=O)[O-]. The van der Waals surface area contributed by atoms with Gasteiger partial charge in [0, 0.05) is 6.07 Å². The van der Waals surface area contributed by atoms with Gasteiger partial charge in [0.1, 0.15) is 4.90 Å². The fourth-order valence-corrected chi connectivity index (χ4v) is 2.74. The molecular formula is C11H14N4O5S. The van der Waals surface area contributed by atoms with Gasteiger partial charge in [-0.1, -0.05) is 6.92 Å². The fourth-order valence-electron chi connectivity index (χ4n) is 1.63. The Kier molecular flexibility index (Phi) is 4.63. The summed E-state index contributed by atoms with van der Waals surface area (Å²) in [5, 5.41) is 11.0. The Balaban J connectivity index is 3.63. The van der Waals surface area contributed by atoms with Crippen molar-refractivity contribution in [1.82, 2.24) is 0 Å². The molecule has 0 radical (unpaired) electrons. The Morgan fingerprint density at radius 2 is 1.95 bits per heavy atom. The Labute approximate surface area is 120 Å². The number of nitrogens with zero attached hydrogens (tertiary/aromatic N) is 2.